The van der Waals surface area contributed by atoms with Gasteiger partial charge in [-0.15, -0.1) is 0 Å². The molecule has 2 fully saturated rings. The Kier molecular flexibility index (Phi) is 7.89. The van der Waals surface area contributed by atoms with Crippen LogP contribution in [0.15, 0.2) is 23.0 Å². The van der Waals surface area contributed by atoms with Gasteiger partial charge in [0.25, 0.3) is 5.91 Å². The number of hydrogen-bond acceptors (Lipinski definition) is 9. The van der Waals surface area contributed by atoms with Crippen LogP contribution in [0.2, 0.25) is 0 Å². The second-order valence-corrected chi connectivity index (χ2v) is 11.9. The van der Waals surface area contributed by atoms with Gasteiger partial charge in [-0.05, 0) is 81.3 Å². The number of aliphatic hydroxyl groups is 3. The lowest BCUT2D eigenvalue weighted by molar-refractivity contribution is -0.155. The summed E-state index contributed by atoms with van der Waals surface area (Å²) in [5.74, 6) is -8.80. The molecule has 234 valence electrons. The van der Waals surface area contributed by atoms with E-state index in [1.165, 1.54) is 0 Å². The third-order valence-corrected chi connectivity index (χ3v) is 9.33. The first-order valence-electron chi connectivity index (χ1n) is 14.6. The number of aromatic hydroxyl groups is 1. The normalized spacial score (nSPS) is 29.2. The number of phenols is 1. The number of carbonyl (C=O) groups is 3. The Bertz CT molecular complexity index is 1440. The van der Waals surface area contributed by atoms with Crippen molar-refractivity contribution in [3.8, 4) is 5.75 Å². The van der Waals surface area contributed by atoms with E-state index in [-0.39, 0.29) is 17.5 Å². The lowest BCUT2D eigenvalue weighted by Crippen LogP contribution is -2.66. The number of carbonyl (C=O) groups excluding carboxylic acids is 3. The van der Waals surface area contributed by atoms with Crippen molar-refractivity contribution >= 4 is 23.2 Å². The number of rotatable bonds is 7. The zero-order valence-electron chi connectivity index (χ0n) is 23.9. The van der Waals surface area contributed by atoms with Crippen LogP contribution in [-0.4, -0.2) is 74.1 Å². The first kappa shape index (κ1) is 31.0. The second kappa shape index (κ2) is 10.9. The van der Waals surface area contributed by atoms with E-state index in [0.29, 0.717) is 45.3 Å². The average molecular weight is 608 g/mol. The van der Waals surface area contributed by atoms with Crippen LogP contribution in [0.1, 0.15) is 74.2 Å². The molecule has 2 unspecified atom stereocenters. The first-order valence-corrected chi connectivity index (χ1v) is 14.6. The molecular weight excluding hydrogens is 571 g/mol. The number of phenolic OH excluding ortho intramolecular Hbond substituents is 1. The average Bonchev–Trinajstić information content (AvgIpc) is 3.45. The molecule has 0 spiro atoms. The molecule has 0 bridgehead atoms. The SMILES string of the molecule is CCCN(CCC)[C@@H]1C(=O)C(C(N)=O)=C(O)[C@@]2(O)C(=O)C3=C(O)c4c(O)cc(C5CCCN5)c(C(F)(F)F)c4CC3C[C@@H]12. The van der Waals surface area contributed by atoms with Gasteiger partial charge in [-0.3, -0.25) is 19.3 Å². The highest BCUT2D eigenvalue weighted by molar-refractivity contribution is 6.24. The maximum absolute atomic E-state index is 14.7. The van der Waals surface area contributed by atoms with Crippen LogP contribution in [0.4, 0.5) is 13.2 Å². The van der Waals surface area contributed by atoms with Crippen molar-refractivity contribution in [1.29, 1.82) is 0 Å². The van der Waals surface area contributed by atoms with Crippen molar-refractivity contribution in [3.63, 3.8) is 0 Å². The molecule has 10 nitrogen and oxygen atoms in total. The highest BCUT2D eigenvalue weighted by Gasteiger charge is 2.64. The van der Waals surface area contributed by atoms with E-state index in [1.807, 2.05) is 13.8 Å². The fraction of sp³-hybridized carbons (Fsp3) is 0.567. The summed E-state index contributed by atoms with van der Waals surface area (Å²) < 4.78 is 44.1. The molecule has 3 aliphatic carbocycles. The molecule has 0 aromatic heterocycles. The van der Waals surface area contributed by atoms with Gasteiger partial charge in [0.1, 0.15) is 22.8 Å². The molecule has 13 heteroatoms. The molecule has 0 radical (unpaired) electrons. The fourth-order valence-electron chi connectivity index (χ4n) is 7.70. The van der Waals surface area contributed by atoms with Crippen molar-refractivity contribution in [3.05, 3.63) is 45.2 Å². The van der Waals surface area contributed by atoms with E-state index in [2.05, 4.69) is 5.32 Å². The Morgan fingerprint density at radius 3 is 2.35 bits per heavy atom. The predicted octanol–water partition coefficient (Wildman–Crippen LogP) is 2.97. The van der Waals surface area contributed by atoms with Gasteiger partial charge in [0, 0.05) is 17.5 Å². The molecule has 4 aliphatic rings. The molecule has 7 N–H and O–H groups in total. The van der Waals surface area contributed by atoms with Crippen molar-refractivity contribution in [2.45, 2.75) is 76.2 Å². The van der Waals surface area contributed by atoms with Crippen molar-refractivity contribution in [1.82, 2.24) is 10.2 Å². The number of alkyl halides is 3. The third-order valence-electron chi connectivity index (χ3n) is 9.33. The Morgan fingerprint density at radius 1 is 1.16 bits per heavy atom. The molecule has 1 saturated heterocycles. The van der Waals surface area contributed by atoms with Crippen LogP contribution >= 0.6 is 0 Å². The summed E-state index contributed by atoms with van der Waals surface area (Å²) in [5.41, 5.74) is -0.974. The van der Waals surface area contributed by atoms with Crippen LogP contribution in [0.25, 0.3) is 5.76 Å². The van der Waals surface area contributed by atoms with E-state index < -0.39 is 99.1 Å². The number of halogens is 3. The predicted molar refractivity (Wildman–Crippen MR) is 148 cm³/mol. The number of aliphatic hydroxyl groups excluding tert-OH is 2. The van der Waals surface area contributed by atoms with Gasteiger partial charge in [0.05, 0.1) is 17.2 Å². The summed E-state index contributed by atoms with van der Waals surface area (Å²) in [7, 11) is 0. The maximum Gasteiger partial charge on any atom is 0.417 e. The Balaban J connectivity index is 1.74. The molecular formula is C30H36F3N3O7. The van der Waals surface area contributed by atoms with Gasteiger partial charge in [-0.2, -0.15) is 13.2 Å². The smallest absolute Gasteiger partial charge is 0.417 e. The molecule has 1 heterocycles. The third kappa shape index (κ3) is 4.63. The second-order valence-electron chi connectivity index (χ2n) is 11.9. The number of ketones is 2. The summed E-state index contributed by atoms with van der Waals surface area (Å²) >= 11 is 0. The molecule has 1 aromatic carbocycles. The Morgan fingerprint density at radius 2 is 1.81 bits per heavy atom. The van der Waals surface area contributed by atoms with E-state index in [9.17, 15) is 48.0 Å². The summed E-state index contributed by atoms with van der Waals surface area (Å²) in [5, 5.41) is 48.3. The molecule has 5 rings (SSSR count). The highest BCUT2D eigenvalue weighted by Crippen LogP contribution is 2.55. The van der Waals surface area contributed by atoms with Crippen LogP contribution in [0, 0.1) is 11.8 Å². The maximum atomic E-state index is 14.7. The zero-order valence-corrected chi connectivity index (χ0v) is 23.9. The monoisotopic (exact) mass is 607 g/mol. The van der Waals surface area contributed by atoms with Crippen molar-refractivity contribution < 1.29 is 48.0 Å². The summed E-state index contributed by atoms with van der Waals surface area (Å²) in [6.07, 6.45) is -3.41. The van der Waals surface area contributed by atoms with Crippen LogP contribution in [-0.2, 0) is 27.0 Å². The van der Waals surface area contributed by atoms with Gasteiger partial charge in [-0.25, -0.2) is 0 Å². The van der Waals surface area contributed by atoms with Gasteiger partial charge in [0.15, 0.2) is 11.4 Å². The van der Waals surface area contributed by atoms with Crippen molar-refractivity contribution in [2.75, 3.05) is 19.6 Å². The van der Waals surface area contributed by atoms with Crippen LogP contribution in [0.3, 0.4) is 0 Å². The summed E-state index contributed by atoms with van der Waals surface area (Å²) in [4.78, 5) is 41.8. The van der Waals surface area contributed by atoms with Gasteiger partial charge >= 0.3 is 6.18 Å². The van der Waals surface area contributed by atoms with Gasteiger partial charge < -0.3 is 31.5 Å². The van der Waals surface area contributed by atoms with E-state index in [4.69, 9.17) is 5.73 Å². The topological polar surface area (TPSA) is 173 Å². The number of fused-ring (bicyclic) bond motifs is 3. The Labute approximate surface area is 246 Å². The van der Waals surface area contributed by atoms with E-state index in [0.717, 1.165) is 6.07 Å². The largest absolute Gasteiger partial charge is 0.508 e. The number of Topliss-reactive ketones (excluding diaryl/α,β-unsaturated/α-hetero) is 2. The quantitative estimate of drug-likeness (QED) is 0.255. The number of nitrogens with two attached hydrogens (primary N) is 1. The minimum Gasteiger partial charge on any atom is -0.508 e. The summed E-state index contributed by atoms with van der Waals surface area (Å²) in [6.45, 7) is 4.83. The van der Waals surface area contributed by atoms with Gasteiger partial charge in [-0.1, -0.05) is 13.8 Å². The number of nitrogens with one attached hydrogen (secondary N) is 1. The molecule has 5 atom stereocenters. The standard InChI is InChI=1S/C30H36F3N3O7/c1-3-8-36(9-4-2)23-16-11-13-10-15-20(18(37)12-14(17-6-5-7-35-17)22(15)30(31,32)33)24(38)19(13)26(40)29(16,43)27(41)21(25(23)39)28(34)42/h12-13,16-17,23,35,37-38,41,43H,3-11H2,1-2H3,(H2,34,42)/t13?,16-,17?,23-,29-/m0/s1. The van der Waals surface area contributed by atoms with Crippen LogP contribution in [0.5, 0.6) is 5.75 Å². The molecule has 43 heavy (non-hydrogen) atoms. The number of benzene rings is 1. The number of nitrogens with zero attached hydrogens (tertiary/aromatic N) is 1. The Hall–Kier alpha value is -3.42. The van der Waals surface area contributed by atoms with E-state index in [1.54, 1.807) is 4.90 Å². The lowest BCUT2D eigenvalue weighted by atomic mass is 9.57. The number of amides is 1. The number of hydrogen-bond donors (Lipinski definition) is 6. The van der Waals surface area contributed by atoms with E-state index >= 15 is 0 Å². The molecule has 1 aliphatic heterocycles. The van der Waals surface area contributed by atoms with Crippen LogP contribution < -0.4 is 11.1 Å². The lowest BCUT2D eigenvalue weighted by Gasteiger charge is -2.51. The highest BCUT2D eigenvalue weighted by atomic mass is 19.4. The fourth-order valence-corrected chi connectivity index (χ4v) is 7.70. The molecule has 1 amide bonds. The van der Waals surface area contributed by atoms with Crippen molar-refractivity contribution in [2.24, 2.45) is 17.6 Å². The minimum absolute atomic E-state index is 0.161. The zero-order chi connectivity index (χ0) is 31.6. The minimum atomic E-state index is -4.87. The first-order chi connectivity index (χ1) is 20.2. The summed E-state index contributed by atoms with van der Waals surface area (Å²) in [6, 6.07) is -1.02. The number of primary amides is 1. The molecule has 1 saturated carbocycles. The molecule has 1 aromatic rings. The van der Waals surface area contributed by atoms with Gasteiger partial charge in [0.2, 0.25) is 5.78 Å².